The normalized spacial score (nSPS) is 18.1. The molecule has 0 saturated carbocycles. The standard InChI is InChI=1S/C15H19N5O2S/c1-12-9-19(7-8-22-12)15(21)11-23-10-14-16-17-18-20(14)13-5-3-2-4-6-13/h2-6,12H,7-11H2,1H3. The molecule has 0 spiro atoms. The molecule has 0 radical (unpaired) electrons. The van der Waals surface area contributed by atoms with Gasteiger partial charge in [0.2, 0.25) is 5.91 Å². The number of morpholine rings is 1. The van der Waals surface area contributed by atoms with Crippen LogP contribution in [0.1, 0.15) is 12.7 Å². The van der Waals surface area contributed by atoms with E-state index in [2.05, 4.69) is 15.5 Å². The van der Waals surface area contributed by atoms with Gasteiger partial charge in [-0.2, -0.15) is 4.68 Å². The molecule has 1 unspecified atom stereocenters. The van der Waals surface area contributed by atoms with Crippen LogP contribution in [0.15, 0.2) is 30.3 Å². The van der Waals surface area contributed by atoms with E-state index in [-0.39, 0.29) is 12.0 Å². The van der Waals surface area contributed by atoms with E-state index in [0.29, 0.717) is 31.2 Å². The summed E-state index contributed by atoms with van der Waals surface area (Å²) < 4.78 is 7.16. The minimum absolute atomic E-state index is 0.114. The molecule has 1 aliphatic rings. The maximum atomic E-state index is 12.2. The van der Waals surface area contributed by atoms with E-state index in [1.165, 1.54) is 11.8 Å². The van der Waals surface area contributed by atoms with Gasteiger partial charge in [-0.05, 0) is 29.5 Å². The zero-order valence-corrected chi connectivity index (χ0v) is 13.8. The molecule has 0 aliphatic carbocycles. The Bertz CT molecular complexity index is 648. The first-order chi connectivity index (χ1) is 11.2. The zero-order chi connectivity index (χ0) is 16.1. The number of nitrogens with zero attached hydrogens (tertiary/aromatic N) is 5. The van der Waals surface area contributed by atoms with Crippen molar-refractivity contribution in [1.29, 1.82) is 0 Å². The molecule has 1 aromatic carbocycles. The number of para-hydroxylation sites is 1. The molecule has 1 fully saturated rings. The maximum Gasteiger partial charge on any atom is 0.232 e. The number of tetrazole rings is 1. The van der Waals surface area contributed by atoms with Crippen molar-refractivity contribution in [3.05, 3.63) is 36.2 Å². The molecule has 23 heavy (non-hydrogen) atoms. The van der Waals surface area contributed by atoms with Gasteiger partial charge in [0.15, 0.2) is 5.82 Å². The molecule has 1 atom stereocenters. The van der Waals surface area contributed by atoms with E-state index in [1.54, 1.807) is 4.68 Å². The van der Waals surface area contributed by atoms with Gasteiger partial charge in [-0.1, -0.05) is 18.2 Å². The smallest absolute Gasteiger partial charge is 0.232 e. The van der Waals surface area contributed by atoms with Crippen LogP contribution >= 0.6 is 11.8 Å². The van der Waals surface area contributed by atoms with E-state index in [4.69, 9.17) is 4.74 Å². The summed E-state index contributed by atoms with van der Waals surface area (Å²) in [6, 6.07) is 9.73. The van der Waals surface area contributed by atoms with E-state index < -0.39 is 0 Å². The molecule has 3 rings (SSSR count). The summed E-state index contributed by atoms with van der Waals surface area (Å²) in [5, 5.41) is 11.8. The number of carbonyl (C=O) groups excluding carboxylic acids is 1. The highest BCUT2D eigenvalue weighted by atomic mass is 32.2. The third-order valence-electron chi connectivity index (χ3n) is 3.59. The molecule has 7 nitrogen and oxygen atoms in total. The minimum atomic E-state index is 0.114. The van der Waals surface area contributed by atoms with Crippen molar-refractivity contribution in [3.63, 3.8) is 0 Å². The molecule has 122 valence electrons. The Balaban J connectivity index is 1.53. The van der Waals surface area contributed by atoms with E-state index >= 15 is 0 Å². The number of ether oxygens (including phenoxy) is 1. The third kappa shape index (κ3) is 4.08. The lowest BCUT2D eigenvalue weighted by Gasteiger charge is -2.31. The number of amides is 1. The lowest BCUT2D eigenvalue weighted by atomic mass is 10.3. The van der Waals surface area contributed by atoms with E-state index in [9.17, 15) is 4.79 Å². The van der Waals surface area contributed by atoms with Crippen molar-refractivity contribution in [3.8, 4) is 5.69 Å². The van der Waals surface area contributed by atoms with Crippen molar-refractivity contribution in [1.82, 2.24) is 25.1 Å². The van der Waals surface area contributed by atoms with Gasteiger partial charge in [-0.25, -0.2) is 0 Å². The molecule has 0 N–H and O–H groups in total. The quantitative estimate of drug-likeness (QED) is 0.817. The molecule has 0 bridgehead atoms. The minimum Gasteiger partial charge on any atom is -0.375 e. The lowest BCUT2D eigenvalue weighted by Crippen LogP contribution is -2.45. The highest BCUT2D eigenvalue weighted by Crippen LogP contribution is 2.15. The maximum absolute atomic E-state index is 12.2. The molecular formula is C15H19N5O2S. The van der Waals surface area contributed by atoms with Gasteiger partial charge < -0.3 is 9.64 Å². The largest absolute Gasteiger partial charge is 0.375 e. The van der Waals surface area contributed by atoms with Crippen LogP contribution in [0.4, 0.5) is 0 Å². The van der Waals surface area contributed by atoms with Crippen molar-refractivity contribution in [2.75, 3.05) is 25.4 Å². The summed E-state index contributed by atoms with van der Waals surface area (Å²) in [6.07, 6.45) is 0.114. The SMILES string of the molecule is CC1CN(C(=O)CSCc2nnnn2-c2ccccc2)CCO1. The number of hydrogen-bond donors (Lipinski definition) is 0. The Morgan fingerprint density at radius 2 is 2.22 bits per heavy atom. The van der Waals surface area contributed by atoms with Gasteiger partial charge in [0, 0.05) is 13.1 Å². The Morgan fingerprint density at radius 1 is 1.39 bits per heavy atom. The van der Waals surface area contributed by atoms with Gasteiger partial charge in [0.05, 0.1) is 29.9 Å². The van der Waals surface area contributed by atoms with Gasteiger partial charge in [-0.3, -0.25) is 4.79 Å². The fraction of sp³-hybridized carbons (Fsp3) is 0.467. The summed E-state index contributed by atoms with van der Waals surface area (Å²) in [6.45, 7) is 3.94. The summed E-state index contributed by atoms with van der Waals surface area (Å²) in [5.74, 6) is 1.90. The Labute approximate surface area is 139 Å². The monoisotopic (exact) mass is 333 g/mol. The zero-order valence-electron chi connectivity index (χ0n) is 13.0. The molecular weight excluding hydrogens is 314 g/mol. The predicted molar refractivity (Wildman–Crippen MR) is 87.3 cm³/mol. The Morgan fingerprint density at radius 3 is 3.00 bits per heavy atom. The van der Waals surface area contributed by atoms with Gasteiger partial charge in [-0.15, -0.1) is 16.9 Å². The van der Waals surface area contributed by atoms with E-state index in [1.807, 2.05) is 42.2 Å². The molecule has 1 saturated heterocycles. The van der Waals surface area contributed by atoms with Crippen LogP contribution in [0.2, 0.25) is 0 Å². The number of aromatic nitrogens is 4. The van der Waals surface area contributed by atoms with Crippen LogP contribution in [-0.4, -0.2) is 62.6 Å². The van der Waals surface area contributed by atoms with Crippen molar-refractivity contribution < 1.29 is 9.53 Å². The highest BCUT2D eigenvalue weighted by molar-refractivity contribution is 7.99. The third-order valence-corrected chi connectivity index (χ3v) is 4.50. The van der Waals surface area contributed by atoms with Crippen molar-refractivity contribution >= 4 is 17.7 Å². The number of rotatable bonds is 5. The average molecular weight is 333 g/mol. The summed E-state index contributed by atoms with van der Waals surface area (Å²) >= 11 is 1.53. The number of benzene rings is 1. The molecule has 1 aliphatic heterocycles. The molecule has 8 heteroatoms. The molecule has 1 aromatic heterocycles. The molecule has 1 amide bonds. The fourth-order valence-corrected chi connectivity index (χ4v) is 3.25. The van der Waals surface area contributed by atoms with Crippen LogP contribution in [0, 0.1) is 0 Å². The predicted octanol–water partition coefficient (Wildman–Crippen LogP) is 1.14. The summed E-state index contributed by atoms with van der Waals surface area (Å²) in [5.41, 5.74) is 0.918. The Hall–Kier alpha value is -1.93. The first-order valence-electron chi connectivity index (χ1n) is 7.54. The molecule has 2 heterocycles. The number of hydrogen-bond acceptors (Lipinski definition) is 6. The number of thioether (sulfide) groups is 1. The lowest BCUT2D eigenvalue weighted by molar-refractivity contribution is -0.135. The van der Waals surface area contributed by atoms with Gasteiger partial charge in [0.25, 0.3) is 0 Å². The van der Waals surface area contributed by atoms with Crippen LogP contribution < -0.4 is 0 Å². The highest BCUT2D eigenvalue weighted by Gasteiger charge is 2.21. The van der Waals surface area contributed by atoms with Crippen LogP contribution in [0.3, 0.4) is 0 Å². The average Bonchev–Trinajstić information content (AvgIpc) is 3.04. The second-order valence-electron chi connectivity index (χ2n) is 5.36. The summed E-state index contributed by atoms with van der Waals surface area (Å²) in [7, 11) is 0. The summed E-state index contributed by atoms with van der Waals surface area (Å²) in [4.78, 5) is 14.1. The van der Waals surface area contributed by atoms with Crippen molar-refractivity contribution in [2.24, 2.45) is 0 Å². The second-order valence-corrected chi connectivity index (χ2v) is 6.34. The first-order valence-corrected chi connectivity index (χ1v) is 8.69. The Kier molecular flexibility index (Phi) is 5.24. The first kappa shape index (κ1) is 15.9. The fourth-order valence-electron chi connectivity index (χ4n) is 2.43. The topological polar surface area (TPSA) is 73.1 Å². The van der Waals surface area contributed by atoms with Crippen LogP contribution in [-0.2, 0) is 15.3 Å². The van der Waals surface area contributed by atoms with Crippen molar-refractivity contribution in [2.45, 2.75) is 18.8 Å². The van der Waals surface area contributed by atoms with Crippen LogP contribution in [0.5, 0.6) is 0 Å². The number of carbonyl (C=O) groups is 1. The van der Waals surface area contributed by atoms with Gasteiger partial charge in [0.1, 0.15) is 0 Å². The van der Waals surface area contributed by atoms with E-state index in [0.717, 1.165) is 11.5 Å². The molecule has 2 aromatic rings. The van der Waals surface area contributed by atoms with Gasteiger partial charge >= 0.3 is 0 Å². The van der Waals surface area contributed by atoms with Crippen LogP contribution in [0.25, 0.3) is 5.69 Å². The second kappa shape index (κ2) is 7.56.